The highest BCUT2D eigenvalue weighted by Gasteiger charge is 2.22. The molecule has 0 amide bonds. The highest BCUT2D eigenvalue weighted by atomic mass is 19.1. The largest absolute Gasteiger partial charge is 0.436 e. The summed E-state index contributed by atoms with van der Waals surface area (Å²) in [6.07, 6.45) is 0.486. The number of nitrogens with zero attached hydrogens (tertiary/aromatic N) is 2. The third-order valence-corrected chi connectivity index (χ3v) is 4.46. The van der Waals surface area contributed by atoms with Crippen LogP contribution >= 0.6 is 0 Å². The summed E-state index contributed by atoms with van der Waals surface area (Å²) in [6, 6.07) is 12.5. The first kappa shape index (κ1) is 16.2. The summed E-state index contributed by atoms with van der Waals surface area (Å²) in [5.74, 6) is -0.00978. The van der Waals surface area contributed by atoms with E-state index in [1.54, 1.807) is 18.2 Å². The number of ether oxygens (including phenoxy) is 1. The summed E-state index contributed by atoms with van der Waals surface area (Å²) in [5.41, 5.74) is 2.98. The first-order valence-electron chi connectivity index (χ1n) is 8.60. The van der Waals surface area contributed by atoms with E-state index in [4.69, 9.17) is 9.15 Å². The minimum absolute atomic E-state index is 0.243. The molecule has 1 aromatic heterocycles. The summed E-state index contributed by atoms with van der Waals surface area (Å²) >= 11 is 0. The van der Waals surface area contributed by atoms with Crippen LogP contribution in [0, 0.1) is 5.82 Å². The highest BCUT2D eigenvalue weighted by Crippen LogP contribution is 2.27. The van der Waals surface area contributed by atoms with Crippen LogP contribution in [0.3, 0.4) is 0 Å². The van der Waals surface area contributed by atoms with E-state index >= 15 is 0 Å². The fourth-order valence-electron chi connectivity index (χ4n) is 3.49. The van der Waals surface area contributed by atoms with Crippen molar-refractivity contribution in [3.8, 4) is 11.5 Å². The molecule has 3 aromatic rings. The predicted octanol–water partition coefficient (Wildman–Crippen LogP) is 4.24. The number of oxazole rings is 1. The van der Waals surface area contributed by atoms with Crippen molar-refractivity contribution in [1.82, 2.24) is 9.88 Å². The van der Waals surface area contributed by atoms with Gasteiger partial charge in [0.25, 0.3) is 0 Å². The molecule has 2 aromatic carbocycles. The summed E-state index contributed by atoms with van der Waals surface area (Å²) in [7, 11) is 0. The standard InChI is InChI=1S/C20H21FN2O2/c1-13-10-23(11-14(2)24-13)12-15-7-8-19-18(9-15)22-20(25-19)16-5-3-4-6-17(16)21/h3-9,13-14H,10-12H2,1-2H3/t13-,14-/m0/s1. The van der Waals surface area contributed by atoms with Crippen LogP contribution in [0.5, 0.6) is 0 Å². The van der Waals surface area contributed by atoms with Gasteiger partial charge in [-0.1, -0.05) is 18.2 Å². The van der Waals surface area contributed by atoms with Gasteiger partial charge < -0.3 is 9.15 Å². The lowest BCUT2D eigenvalue weighted by Gasteiger charge is -2.35. The van der Waals surface area contributed by atoms with Gasteiger partial charge in [-0.05, 0) is 43.7 Å². The van der Waals surface area contributed by atoms with Gasteiger partial charge >= 0.3 is 0 Å². The smallest absolute Gasteiger partial charge is 0.230 e. The first-order chi connectivity index (χ1) is 12.1. The van der Waals surface area contributed by atoms with Crippen molar-refractivity contribution in [3.05, 3.63) is 53.8 Å². The van der Waals surface area contributed by atoms with Crippen LogP contribution in [-0.2, 0) is 11.3 Å². The lowest BCUT2D eigenvalue weighted by Crippen LogP contribution is -2.44. The minimum atomic E-state index is -0.328. The van der Waals surface area contributed by atoms with E-state index in [-0.39, 0.29) is 18.0 Å². The van der Waals surface area contributed by atoms with Crippen molar-refractivity contribution < 1.29 is 13.5 Å². The Hall–Kier alpha value is -2.24. The molecular weight excluding hydrogens is 319 g/mol. The van der Waals surface area contributed by atoms with Crippen molar-refractivity contribution >= 4 is 11.1 Å². The van der Waals surface area contributed by atoms with Gasteiger partial charge in [-0.15, -0.1) is 0 Å². The number of benzene rings is 2. The molecule has 0 radical (unpaired) electrons. The zero-order valence-electron chi connectivity index (χ0n) is 14.4. The molecule has 0 saturated carbocycles. The van der Waals surface area contributed by atoms with Crippen LogP contribution in [-0.4, -0.2) is 35.2 Å². The summed E-state index contributed by atoms with van der Waals surface area (Å²) in [4.78, 5) is 6.86. The number of fused-ring (bicyclic) bond motifs is 1. The maximum absolute atomic E-state index is 13.9. The van der Waals surface area contributed by atoms with Gasteiger partial charge in [-0.3, -0.25) is 4.90 Å². The molecule has 4 nitrogen and oxygen atoms in total. The molecule has 0 unspecified atom stereocenters. The molecule has 1 fully saturated rings. The molecule has 0 bridgehead atoms. The monoisotopic (exact) mass is 340 g/mol. The Morgan fingerprint density at radius 2 is 1.88 bits per heavy atom. The van der Waals surface area contributed by atoms with Gasteiger partial charge in [0.05, 0.1) is 17.8 Å². The van der Waals surface area contributed by atoms with Crippen LogP contribution in [0.2, 0.25) is 0 Å². The second-order valence-corrected chi connectivity index (χ2v) is 6.75. The molecule has 5 heteroatoms. The van der Waals surface area contributed by atoms with E-state index in [2.05, 4.69) is 23.7 Å². The molecule has 2 heterocycles. The third-order valence-electron chi connectivity index (χ3n) is 4.46. The van der Waals surface area contributed by atoms with Gasteiger partial charge in [-0.2, -0.15) is 0 Å². The predicted molar refractivity (Wildman–Crippen MR) is 94.7 cm³/mol. The molecule has 1 aliphatic rings. The van der Waals surface area contributed by atoms with Gasteiger partial charge in [-0.25, -0.2) is 9.37 Å². The number of morpholine rings is 1. The van der Waals surface area contributed by atoms with Gasteiger partial charge in [0.15, 0.2) is 5.58 Å². The van der Waals surface area contributed by atoms with Crippen LogP contribution in [0.15, 0.2) is 46.9 Å². The average molecular weight is 340 g/mol. The van der Waals surface area contributed by atoms with Crippen LogP contribution in [0.25, 0.3) is 22.6 Å². The Balaban J connectivity index is 1.59. The Morgan fingerprint density at radius 1 is 1.12 bits per heavy atom. The van der Waals surface area contributed by atoms with E-state index < -0.39 is 0 Å². The summed E-state index contributed by atoms with van der Waals surface area (Å²) in [5, 5.41) is 0. The Morgan fingerprint density at radius 3 is 2.64 bits per heavy atom. The Kier molecular flexibility index (Phi) is 4.27. The van der Waals surface area contributed by atoms with Gasteiger partial charge in [0, 0.05) is 19.6 Å². The molecule has 0 spiro atoms. The molecule has 0 N–H and O–H groups in total. The van der Waals surface area contributed by atoms with Crippen molar-refractivity contribution in [2.75, 3.05) is 13.1 Å². The summed E-state index contributed by atoms with van der Waals surface area (Å²) < 4.78 is 25.5. The van der Waals surface area contributed by atoms with Crippen LogP contribution < -0.4 is 0 Å². The van der Waals surface area contributed by atoms with Crippen molar-refractivity contribution in [2.45, 2.75) is 32.6 Å². The molecular formula is C20H21FN2O2. The average Bonchev–Trinajstić information content (AvgIpc) is 2.97. The Bertz CT molecular complexity index is 882. The van der Waals surface area contributed by atoms with Crippen molar-refractivity contribution in [2.24, 2.45) is 0 Å². The molecule has 1 aliphatic heterocycles. The maximum atomic E-state index is 13.9. The van der Waals surface area contributed by atoms with E-state index in [0.717, 1.165) is 25.2 Å². The first-order valence-corrected chi connectivity index (χ1v) is 8.60. The molecule has 0 aliphatic carbocycles. The van der Waals surface area contributed by atoms with Crippen molar-refractivity contribution in [1.29, 1.82) is 0 Å². The van der Waals surface area contributed by atoms with Crippen LogP contribution in [0.4, 0.5) is 4.39 Å². The lowest BCUT2D eigenvalue weighted by atomic mass is 10.1. The quantitative estimate of drug-likeness (QED) is 0.715. The number of rotatable bonds is 3. The Labute approximate surface area is 146 Å². The van der Waals surface area contributed by atoms with Gasteiger partial charge in [0.1, 0.15) is 11.3 Å². The van der Waals surface area contributed by atoms with E-state index in [0.29, 0.717) is 17.0 Å². The fraction of sp³-hybridized carbons (Fsp3) is 0.350. The lowest BCUT2D eigenvalue weighted by molar-refractivity contribution is -0.0704. The SMILES string of the molecule is C[C@H]1CN(Cc2ccc3oc(-c4ccccc4F)nc3c2)C[C@H](C)O1. The molecule has 25 heavy (non-hydrogen) atoms. The zero-order chi connectivity index (χ0) is 17.4. The minimum Gasteiger partial charge on any atom is -0.436 e. The van der Waals surface area contributed by atoms with E-state index in [1.807, 2.05) is 18.2 Å². The van der Waals surface area contributed by atoms with E-state index in [1.165, 1.54) is 11.6 Å². The molecule has 2 atom stereocenters. The number of hydrogen-bond acceptors (Lipinski definition) is 4. The number of aromatic nitrogens is 1. The van der Waals surface area contributed by atoms with Gasteiger partial charge in [0.2, 0.25) is 5.89 Å². The molecule has 4 rings (SSSR count). The number of halogens is 1. The highest BCUT2D eigenvalue weighted by molar-refractivity contribution is 5.77. The summed E-state index contributed by atoms with van der Waals surface area (Å²) in [6.45, 7) is 6.88. The zero-order valence-corrected chi connectivity index (χ0v) is 14.4. The fourth-order valence-corrected chi connectivity index (χ4v) is 3.49. The second-order valence-electron chi connectivity index (χ2n) is 6.75. The maximum Gasteiger partial charge on any atom is 0.230 e. The topological polar surface area (TPSA) is 38.5 Å². The molecule has 130 valence electrons. The molecule has 1 saturated heterocycles. The normalized spacial score (nSPS) is 21.7. The third kappa shape index (κ3) is 3.43. The van der Waals surface area contributed by atoms with Crippen molar-refractivity contribution in [3.63, 3.8) is 0 Å². The second kappa shape index (κ2) is 6.58. The number of hydrogen-bond donors (Lipinski definition) is 0. The van der Waals surface area contributed by atoms with E-state index in [9.17, 15) is 4.39 Å². The van der Waals surface area contributed by atoms with Crippen LogP contribution in [0.1, 0.15) is 19.4 Å².